The summed E-state index contributed by atoms with van der Waals surface area (Å²) < 4.78 is 1.52. The molecule has 25 heavy (non-hydrogen) atoms. The number of aromatic nitrogens is 3. The van der Waals surface area contributed by atoms with E-state index in [9.17, 15) is 4.79 Å². The van der Waals surface area contributed by atoms with Crippen LogP contribution in [-0.4, -0.2) is 20.2 Å². The lowest BCUT2D eigenvalue weighted by Gasteiger charge is -2.09. The topological polar surface area (TPSA) is 60.1 Å². The molecule has 3 aromatic rings. The van der Waals surface area contributed by atoms with Crippen LogP contribution in [0.1, 0.15) is 23.7 Å². The number of benzene rings is 1. The second kappa shape index (κ2) is 7.40. The Labute approximate surface area is 150 Å². The van der Waals surface area contributed by atoms with Crippen molar-refractivity contribution in [2.24, 2.45) is 4.99 Å². The van der Waals surface area contributed by atoms with Gasteiger partial charge in [0.05, 0.1) is 18.6 Å². The van der Waals surface area contributed by atoms with Gasteiger partial charge in [0.1, 0.15) is 5.69 Å². The summed E-state index contributed by atoms with van der Waals surface area (Å²) in [4.78, 5) is 25.7. The smallest absolute Gasteiger partial charge is 0.279 e. The molecule has 0 atom stereocenters. The molecule has 0 aliphatic rings. The molecule has 5 nitrogen and oxygen atoms in total. The van der Waals surface area contributed by atoms with Crippen molar-refractivity contribution in [1.82, 2.24) is 14.5 Å². The van der Waals surface area contributed by atoms with E-state index >= 15 is 0 Å². The molecule has 0 saturated heterocycles. The quantitative estimate of drug-likeness (QED) is 0.671. The fraction of sp³-hybridized carbons (Fsp3) is 0.158. The average Bonchev–Trinajstić information content (AvgIpc) is 2.63. The third-order valence-electron chi connectivity index (χ3n) is 3.87. The van der Waals surface area contributed by atoms with Crippen LogP contribution in [0.2, 0.25) is 5.02 Å². The highest BCUT2D eigenvalue weighted by molar-refractivity contribution is 6.31. The van der Waals surface area contributed by atoms with E-state index in [4.69, 9.17) is 11.6 Å². The molecule has 0 radical (unpaired) electrons. The molecule has 0 spiro atoms. The number of nitrogens with zero attached hydrogens (tertiary/aromatic N) is 4. The second-order valence-corrected chi connectivity index (χ2v) is 6.04. The summed E-state index contributed by atoms with van der Waals surface area (Å²) in [7, 11) is 0. The largest absolute Gasteiger partial charge is 0.293 e. The Kier molecular flexibility index (Phi) is 5.05. The Balaban J connectivity index is 2.01. The number of halogens is 1. The minimum Gasteiger partial charge on any atom is -0.293 e. The first-order valence-electron chi connectivity index (χ1n) is 7.81. The second-order valence-electron chi connectivity index (χ2n) is 5.64. The minimum absolute atomic E-state index is 0.194. The van der Waals surface area contributed by atoms with E-state index in [1.54, 1.807) is 25.4 Å². The molecule has 3 rings (SSSR count). The van der Waals surface area contributed by atoms with Crippen molar-refractivity contribution < 1.29 is 0 Å². The van der Waals surface area contributed by atoms with Crippen LogP contribution < -0.4 is 5.56 Å². The molecule has 0 amide bonds. The van der Waals surface area contributed by atoms with E-state index in [-0.39, 0.29) is 5.56 Å². The first-order valence-corrected chi connectivity index (χ1v) is 8.19. The molecule has 0 fully saturated rings. The van der Waals surface area contributed by atoms with Crippen LogP contribution in [0, 0.1) is 6.92 Å². The molecular formula is C19H17ClN4O. The number of hydrogen-bond donors (Lipinski definition) is 0. The molecule has 6 heteroatoms. The summed E-state index contributed by atoms with van der Waals surface area (Å²) in [5, 5.41) is 0.619. The van der Waals surface area contributed by atoms with Crippen molar-refractivity contribution in [1.29, 1.82) is 0 Å². The predicted molar refractivity (Wildman–Crippen MR) is 99.9 cm³/mol. The molecule has 0 bridgehead atoms. The van der Waals surface area contributed by atoms with Gasteiger partial charge in [0, 0.05) is 23.1 Å². The van der Waals surface area contributed by atoms with Gasteiger partial charge in [-0.05, 0) is 43.2 Å². The summed E-state index contributed by atoms with van der Waals surface area (Å²) in [5.41, 5.74) is 3.24. The summed E-state index contributed by atoms with van der Waals surface area (Å²) in [6.45, 7) is 3.99. The molecule has 0 N–H and O–H groups in total. The van der Waals surface area contributed by atoms with E-state index in [2.05, 4.69) is 15.0 Å². The normalized spacial score (nSPS) is 11.6. The maximum Gasteiger partial charge on any atom is 0.279 e. The Hall–Kier alpha value is -2.79. The molecule has 2 aromatic heterocycles. The van der Waals surface area contributed by atoms with E-state index in [0.717, 1.165) is 16.8 Å². The lowest BCUT2D eigenvalue weighted by atomic mass is 10.2. The zero-order chi connectivity index (χ0) is 17.8. The molecule has 126 valence electrons. The van der Waals surface area contributed by atoms with E-state index in [1.165, 1.54) is 10.9 Å². The zero-order valence-corrected chi connectivity index (χ0v) is 14.7. The Morgan fingerprint density at radius 3 is 2.64 bits per heavy atom. The number of pyridine rings is 1. The van der Waals surface area contributed by atoms with Gasteiger partial charge in [0.15, 0.2) is 0 Å². The highest BCUT2D eigenvalue weighted by Crippen LogP contribution is 2.17. The van der Waals surface area contributed by atoms with Gasteiger partial charge < -0.3 is 0 Å². The van der Waals surface area contributed by atoms with Gasteiger partial charge in [-0.2, -0.15) is 0 Å². The number of aryl methyl sites for hydroxylation is 1. The monoisotopic (exact) mass is 352 g/mol. The average molecular weight is 353 g/mol. The predicted octanol–water partition coefficient (Wildman–Crippen LogP) is 3.79. The van der Waals surface area contributed by atoms with Crippen molar-refractivity contribution in [3.05, 3.63) is 87.3 Å². The highest BCUT2D eigenvalue weighted by Gasteiger charge is 2.10. The standard InChI is InChI=1S/C19H17ClN4O/c1-13(15-7-9-21-10-8-15)23-18-14(2)22-12-24(19(18)25)11-16-5-3-4-6-17(16)20/h3-10,12H,11H2,1-2H3. The van der Waals surface area contributed by atoms with Crippen molar-refractivity contribution in [2.75, 3.05) is 0 Å². The summed E-state index contributed by atoms with van der Waals surface area (Å²) in [6, 6.07) is 11.1. The van der Waals surface area contributed by atoms with Crippen LogP contribution in [0.15, 0.2) is 64.9 Å². The molecule has 1 aromatic carbocycles. The van der Waals surface area contributed by atoms with Gasteiger partial charge in [0.25, 0.3) is 5.56 Å². The van der Waals surface area contributed by atoms with Gasteiger partial charge in [0.2, 0.25) is 0 Å². The van der Waals surface area contributed by atoms with Crippen LogP contribution in [0.25, 0.3) is 0 Å². The van der Waals surface area contributed by atoms with Gasteiger partial charge in [-0.25, -0.2) is 9.98 Å². The van der Waals surface area contributed by atoms with Crippen LogP contribution in [-0.2, 0) is 6.54 Å². The van der Waals surface area contributed by atoms with Crippen LogP contribution in [0.3, 0.4) is 0 Å². The number of aliphatic imine (C=N–C) groups is 1. The molecule has 0 aliphatic carbocycles. The van der Waals surface area contributed by atoms with Crippen LogP contribution in [0.4, 0.5) is 5.69 Å². The third-order valence-corrected chi connectivity index (χ3v) is 4.24. The first-order chi connectivity index (χ1) is 12.1. The summed E-state index contributed by atoms with van der Waals surface area (Å²) in [5.74, 6) is 0. The van der Waals surface area contributed by atoms with Crippen LogP contribution >= 0.6 is 11.6 Å². The molecule has 0 aliphatic heterocycles. The number of rotatable bonds is 4. The van der Waals surface area contributed by atoms with E-state index in [1.807, 2.05) is 37.3 Å². The van der Waals surface area contributed by atoms with Crippen LogP contribution in [0.5, 0.6) is 0 Å². The molecule has 0 unspecified atom stereocenters. The highest BCUT2D eigenvalue weighted by atomic mass is 35.5. The van der Waals surface area contributed by atoms with Crippen molar-refractivity contribution in [2.45, 2.75) is 20.4 Å². The van der Waals surface area contributed by atoms with Crippen molar-refractivity contribution in [3.8, 4) is 0 Å². The first kappa shape index (κ1) is 17.0. The molecule has 0 saturated carbocycles. The minimum atomic E-state index is -0.194. The molecule has 2 heterocycles. The lowest BCUT2D eigenvalue weighted by Crippen LogP contribution is -2.22. The summed E-state index contributed by atoms with van der Waals surface area (Å²) >= 11 is 6.19. The van der Waals surface area contributed by atoms with Gasteiger partial charge in [-0.15, -0.1) is 0 Å². The maximum atomic E-state index is 12.8. The summed E-state index contributed by atoms with van der Waals surface area (Å²) in [6.07, 6.45) is 4.92. The van der Waals surface area contributed by atoms with Gasteiger partial charge >= 0.3 is 0 Å². The fourth-order valence-electron chi connectivity index (χ4n) is 2.44. The van der Waals surface area contributed by atoms with Gasteiger partial charge in [-0.1, -0.05) is 29.8 Å². The van der Waals surface area contributed by atoms with E-state index in [0.29, 0.717) is 22.9 Å². The van der Waals surface area contributed by atoms with Crippen molar-refractivity contribution in [3.63, 3.8) is 0 Å². The molecular weight excluding hydrogens is 336 g/mol. The number of hydrogen-bond acceptors (Lipinski definition) is 4. The zero-order valence-electron chi connectivity index (χ0n) is 14.0. The van der Waals surface area contributed by atoms with Crippen molar-refractivity contribution >= 4 is 23.0 Å². The SMILES string of the molecule is CC(=Nc1c(C)ncn(Cc2ccccc2Cl)c1=O)c1ccncc1. The van der Waals surface area contributed by atoms with E-state index < -0.39 is 0 Å². The fourth-order valence-corrected chi connectivity index (χ4v) is 2.63. The maximum absolute atomic E-state index is 12.8. The van der Waals surface area contributed by atoms with Gasteiger partial charge in [-0.3, -0.25) is 14.3 Å². The Bertz CT molecular complexity index is 980. The Morgan fingerprint density at radius 2 is 1.92 bits per heavy atom. The Morgan fingerprint density at radius 1 is 1.20 bits per heavy atom. The lowest BCUT2D eigenvalue weighted by molar-refractivity contribution is 0.731. The third kappa shape index (κ3) is 3.83.